The smallest absolute Gasteiger partial charge is 0.112 e. The minimum absolute atomic E-state index is 0.0453. The van der Waals surface area contributed by atoms with E-state index >= 15 is 0 Å². The highest BCUT2D eigenvalue weighted by atomic mass is 35.5. The van der Waals surface area contributed by atoms with Crippen molar-refractivity contribution >= 4 is 23.0 Å². The summed E-state index contributed by atoms with van der Waals surface area (Å²) in [4.78, 5) is 4.46. The molecule has 5 heteroatoms. The normalized spacial score (nSPS) is 18.8. The lowest BCUT2D eigenvalue weighted by atomic mass is 10.2. The molecule has 2 heterocycles. The summed E-state index contributed by atoms with van der Waals surface area (Å²) in [6.07, 6.45) is 1.86. The summed E-state index contributed by atoms with van der Waals surface area (Å²) in [5.41, 5.74) is 2.83. The molecule has 2 aromatic rings. The fourth-order valence-electron chi connectivity index (χ4n) is 2.16. The Bertz CT molecular complexity index is 568. The molecule has 1 aromatic heterocycles. The summed E-state index contributed by atoms with van der Waals surface area (Å²) >= 11 is 5.96. The highest BCUT2D eigenvalue weighted by Gasteiger charge is 2.16. The molecule has 3 rings (SSSR count). The van der Waals surface area contributed by atoms with Crippen LogP contribution in [0.25, 0.3) is 0 Å². The Balaban J connectivity index is 1.69. The number of morpholine rings is 1. The van der Waals surface area contributed by atoms with Crippen molar-refractivity contribution in [2.75, 3.05) is 25.0 Å². The van der Waals surface area contributed by atoms with Gasteiger partial charge in [0.2, 0.25) is 0 Å². The van der Waals surface area contributed by atoms with Crippen LogP contribution in [0.15, 0.2) is 42.6 Å². The number of aromatic nitrogens is 1. The van der Waals surface area contributed by atoms with E-state index in [0.717, 1.165) is 36.8 Å². The van der Waals surface area contributed by atoms with Crippen LogP contribution in [0.5, 0.6) is 0 Å². The second-order valence-corrected chi connectivity index (χ2v) is 5.11. The Kier molecular flexibility index (Phi) is 4.16. The molecule has 104 valence electrons. The number of rotatable bonds is 3. The quantitative estimate of drug-likeness (QED) is 0.911. The molecule has 0 unspecified atom stereocenters. The average molecular weight is 290 g/mol. The minimum atomic E-state index is 0.0453. The van der Waals surface area contributed by atoms with Gasteiger partial charge in [0.1, 0.15) is 6.10 Å². The van der Waals surface area contributed by atoms with Crippen LogP contribution in [0.1, 0.15) is 11.8 Å². The van der Waals surface area contributed by atoms with Crippen molar-refractivity contribution in [3.63, 3.8) is 0 Å². The monoisotopic (exact) mass is 289 g/mol. The summed E-state index contributed by atoms with van der Waals surface area (Å²) < 4.78 is 5.68. The third kappa shape index (κ3) is 3.28. The van der Waals surface area contributed by atoms with Crippen molar-refractivity contribution in [3.05, 3.63) is 53.3 Å². The number of anilines is 2. The number of nitrogens with zero attached hydrogens (tertiary/aromatic N) is 1. The summed E-state index contributed by atoms with van der Waals surface area (Å²) in [6.45, 7) is 2.45. The van der Waals surface area contributed by atoms with Gasteiger partial charge < -0.3 is 15.4 Å². The first-order chi connectivity index (χ1) is 9.81. The van der Waals surface area contributed by atoms with Crippen LogP contribution in [-0.2, 0) is 4.74 Å². The lowest BCUT2D eigenvalue weighted by molar-refractivity contribution is 0.0250. The molecule has 0 radical (unpaired) electrons. The highest BCUT2D eigenvalue weighted by Crippen LogP contribution is 2.22. The van der Waals surface area contributed by atoms with Crippen molar-refractivity contribution in [3.8, 4) is 0 Å². The molecule has 0 spiro atoms. The van der Waals surface area contributed by atoms with E-state index < -0.39 is 0 Å². The maximum absolute atomic E-state index is 5.96. The summed E-state index contributed by atoms with van der Waals surface area (Å²) in [5, 5.41) is 7.28. The first-order valence-electron chi connectivity index (χ1n) is 6.62. The fraction of sp³-hybridized carbons (Fsp3) is 0.267. The van der Waals surface area contributed by atoms with E-state index in [9.17, 15) is 0 Å². The van der Waals surface area contributed by atoms with Gasteiger partial charge in [-0.1, -0.05) is 17.7 Å². The molecule has 4 nitrogen and oxygen atoms in total. The molecule has 0 bridgehead atoms. The molecule has 1 saturated heterocycles. The van der Waals surface area contributed by atoms with E-state index in [1.807, 2.05) is 42.6 Å². The van der Waals surface area contributed by atoms with Gasteiger partial charge in [-0.05, 0) is 30.3 Å². The van der Waals surface area contributed by atoms with E-state index in [1.54, 1.807) is 0 Å². The molecule has 1 aliphatic heterocycles. The maximum atomic E-state index is 5.96. The number of hydrogen-bond acceptors (Lipinski definition) is 4. The molecule has 1 aliphatic rings. The average Bonchev–Trinajstić information content (AvgIpc) is 2.49. The van der Waals surface area contributed by atoms with Crippen molar-refractivity contribution < 1.29 is 4.74 Å². The molecule has 1 atom stereocenters. The Morgan fingerprint density at radius 2 is 2.20 bits per heavy atom. The van der Waals surface area contributed by atoms with Gasteiger partial charge >= 0.3 is 0 Å². The van der Waals surface area contributed by atoms with Gasteiger partial charge in [-0.3, -0.25) is 4.98 Å². The van der Waals surface area contributed by atoms with Crippen LogP contribution in [0.3, 0.4) is 0 Å². The van der Waals surface area contributed by atoms with Crippen molar-refractivity contribution in [1.82, 2.24) is 10.3 Å². The van der Waals surface area contributed by atoms with Crippen LogP contribution in [0.4, 0.5) is 11.4 Å². The summed E-state index contributed by atoms with van der Waals surface area (Å²) in [7, 11) is 0. The maximum Gasteiger partial charge on any atom is 0.112 e. The number of benzene rings is 1. The van der Waals surface area contributed by atoms with Gasteiger partial charge in [-0.2, -0.15) is 0 Å². The van der Waals surface area contributed by atoms with Gasteiger partial charge in [-0.15, -0.1) is 0 Å². The Labute approximate surface area is 123 Å². The van der Waals surface area contributed by atoms with E-state index in [-0.39, 0.29) is 6.10 Å². The van der Waals surface area contributed by atoms with Crippen LogP contribution in [0, 0.1) is 0 Å². The number of nitrogens with one attached hydrogen (secondary N) is 2. The van der Waals surface area contributed by atoms with E-state index in [0.29, 0.717) is 5.02 Å². The fourth-order valence-corrected chi connectivity index (χ4v) is 2.35. The van der Waals surface area contributed by atoms with Gasteiger partial charge in [0.15, 0.2) is 0 Å². The SMILES string of the molecule is Clc1cccc(Nc2ccc([C@H]3CNCCO3)nc2)c1. The summed E-state index contributed by atoms with van der Waals surface area (Å²) in [6, 6.07) is 11.6. The first kappa shape index (κ1) is 13.4. The zero-order valence-electron chi connectivity index (χ0n) is 11.0. The second-order valence-electron chi connectivity index (χ2n) is 4.67. The zero-order valence-corrected chi connectivity index (χ0v) is 11.7. The molecular weight excluding hydrogens is 274 g/mol. The predicted octanol–water partition coefficient (Wildman–Crippen LogP) is 3.14. The van der Waals surface area contributed by atoms with Gasteiger partial charge in [0.25, 0.3) is 0 Å². The highest BCUT2D eigenvalue weighted by molar-refractivity contribution is 6.30. The lowest BCUT2D eigenvalue weighted by Gasteiger charge is -2.23. The molecule has 1 aromatic carbocycles. The predicted molar refractivity (Wildman–Crippen MR) is 80.5 cm³/mol. The van der Waals surface area contributed by atoms with Crippen LogP contribution >= 0.6 is 11.6 Å². The first-order valence-corrected chi connectivity index (χ1v) is 7.00. The van der Waals surface area contributed by atoms with Crippen LogP contribution < -0.4 is 10.6 Å². The number of hydrogen-bond donors (Lipinski definition) is 2. The van der Waals surface area contributed by atoms with E-state index in [4.69, 9.17) is 16.3 Å². The number of halogens is 1. The molecule has 0 amide bonds. The van der Waals surface area contributed by atoms with Crippen molar-refractivity contribution in [2.45, 2.75) is 6.10 Å². The summed E-state index contributed by atoms with van der Waals surface area (Å²) in [5.74, 6) is 0. The third-order valence-electron chi connectivity index (χ3n) is 3.16. The van der Waals surface area contributed by atoms with Crippen molar-refractivity contribution in [2.24, 2.45) is 0 Å². The Morgan fingerprint density at radius 3 is 2.90 bits per heavy atom. The van der Waals surface area contributed by atoms with Crippen LogP contribution in [0.2, 0.25) is 5.02 Å². The largest absolute Gasteiger partial charge is 0.369 e. The number of pyridine rings is 1. The van der Waals surface area contributed by atoms with Gasteiger partial charge in [0, 0.05) is 23.8 Å². The van der Waals surface area contributed by atoms with E-state index in [1.165, 1.54) is 0 Å². The minimum Gasteiger partial charge on any atom is -0.369 e. The number of ether oxygens (including phenoxy) is 1. The van der Waals surface area contributed by atoms with E-state index in [2.05, 4.69) is 15.6 Å². The molecular formula is C15H16ClN3O. The topological polar surface area (TPSA) is 46.2 Å². The Morgan fingerprint density at radius 1 is 1.25 bits per heavy atom. The van der Waals surface area contributed by atoms with Gasteiger partial charge in [-0.25, -0.2) is 0 Å². The molecule has 20 heavy (non-hydrogen) atoms. The molecule has 2 N–H and O–H groups in total. The Hall–Kier alpha value is -1.62. The standard InChI is InChI=1S/C15H16ClN3O/c16-11-2-1-3-12(8-11)19-13-4-5-14(18-9-13)15-10-17-6-7-20-15/h1-5,8-9,15,17,19H,6-7,10H2/t15-/m1/s1. The molecule has 0 saturated carbocycles. The third-order valence-corrected chi connectivity index (χ3v) is 3.39. The lowest BCUT2D eigenvalue weighted by Crippen LogP contribution is -2.33. The second kappa shape index (κ2) is 6.22. The zero-order chi connectivity index (χ0) is 13.8. The molecule has 0 aliphatic carbocycles. The van der Waals surface area contributed by atoms with Crippen molar-refractivity contribution in [1.29, 1.82) is 0 Å². The van der Waals surface area contributed by atoms with Crippen LogP contribution in [-0.4, -0.2) is 24.7 Å². The molecule has 1 fully saturated rings. The van der Waals surface area contributed by atoms with Gasteiger partial charge in [0.05, 0.1) is 24.2 Å².